The summed E-state index contributed by atoms with van der Waals surface area (Å²) < 4.78 is 31.2. The summed E-state index contributed by atoms with van der Waals surface area (Å²) in [4.78, 5) is 4.48. The number of methoxy groups -OCH3 is 1. The van der Waals surface area contributed by atoms with Crippen LogP contribution in [0.4, 0.5) is 10.1 Å². The van der Waals surface area contributed by atoms with Gasteiger partial charge in [0, 0.05) is 11.8 Å². The standard InChI is InChI=1S/C23H21BrFNO3/c1-3-28-19-10-8-18(9-11-19)26-14-16-12-20(24)23(22(13-16)27-2)29-15-17-6-4-5-7-21(17)25/h4-14H,3,15H2,1-2H3. The van der Waals surface area contributed by atoms with Crippen LogP contribution < -0.4 is 14.2 Å². The molecule has 0 spiro atoms. The lowest BCUT2D eigenvalue weighted by atomic mass is 10.2. The van der Waals surface area contributed by atoms with Crippen LogP contribution in [0.15, 0.2) is 70.1 Å². The molecule has 3 rings (SSSR count). The molecular weight excluding hydrogens is 437 g/mol. The molecule has 0 bridgehead atoms. The van der Waals surface area contributed by atoms with Crippen molar-refractivity contribution in [3.05, 3.63) is 82.1 Å². The summed E-state index contributed by atoms with van der Waals surface area (Å²) in [5, 5.41) is 0. The zero-order valence-electron chi connectivity index (χ0n) is 16.2. The van der Waals surface area contributed by atoms with Crippen molar-refractivity contribution in [2.75, 3.05) is 13.7 Å². The molecule has 4 nitrogen and oxygen atoms in total. The van der Waals surface area contributed by atoms with Crippen molar-refractivity contribution < 1.29 is 18.6 Å². The van der Waals surface area contributed by atoms with Gasteiger partial charge in [0.15, 0.2) is 11.5 Å². The highest BCUT2D eigenvalue weighted by Gasteiger charge is 2.12. The molecule has 0 heterocycles. The number of halogens is 2. The molecular formula is C23H21BrFNO3. The largest absolute Gasteiger partial charge is 0.494 e. The minimum Gasteiger partial charge on any atom is -0.494 e. The third-order valence-corrected chi connectivity index (χ3v) is 4.68. The van der Waals surface area contributed by atoms with E-state index in [2.05, 4.69) is 20.9 Å². The minimum absolute atomic E-state index is 0.0985. The van der Waals surface area contributed by atoms with Gasteiger partial charge < -0.3 is 14.2 Å². The topological polar surface area (TPSA) is 40.0 Å². The molecule has 0 aliphatic carbocycles. The Balaban J connectivity index is 1.76. The summed E-state index contributed by atoms with van der Waals surface area (Å²) in [6.45, 7) is 2.67. The van der Waals surface area contributed by atoms with Crippen LogP contribution in [-0.4, -0.2) is 19.9 Å². The first-order valence-corrected chi connectivity index (χ1v) is 9.90. The zero-order chi connectivity index (χ0) is 20.6. The van der Waals surface area contributed by atoms with Crippen molar-refractivity contribution in [1.82, 2.24) is 0 Å². The predicted octanol–water partition coefficient (Wildman–Crippen LogP) is 6.33. The molecule has 6 heteroatoms. The number of hydrogen-bond donors (Lipinski definition) is 0. The van der Waals surface area contributed by atoms with Gasteiger partial charge in [-0.1, -0.05) is 18.2 Å². The summed E-state index contributed by atoms with van der Waals surface area (Å²) in [6.07, 6.45) is 1.74. The number of hydrogen-bond acceptors (Lipinski definition) is 4. The summed E-state index contributed by atoms with van der Waals surface area (Å²) >= 11 is 3.51. The Labute approximate surface area is 178 Å². The Bertz CT molecular complexity index is 990. The van der Waals surface area contributed by atoms with Crippen LogP contribution in [0.1, 0.15) is 18.1 Å². The van der Waals surface area contributed by atoms with Crippen LogP contribution in [-0.2, 0) is 6.61 Å². The first-order chi connectivity index (χ1) is 14.1. The van der Waals surface area contributed by atoms with Gasteiger partial charge in [0.1, 0.15) is 18.2 Å². The van der Waals surface area contributed by atoms with E-state index in [1.54, 1.807) is 31.5 Å². The number of benzene rings is 3. The van der Waals surface area contributed by atoms with Gasteiger partial charge in [0.2, 0.25) is 0 Å². The first-order valence-electron chi connectivity index (χ1n) is 9.11. The lowest BCUT2D eigenvalue weighted by Crippen LogP contribution is -2.01. The molecule has 0 fully saturated rings. The molecule has 0 N–H and O–H groups in total. The van der Waals surface area contributed by atoms with Crippen LogP contribution in [0, 0.1) is 5.82 Å². The van der Waals surface area contributed by atoms with Gasteiger partial charge in [-0.05, 0) is 70.9 Å². The number of aliphatic imine (C=N–C) groups is 1. The third kappa shape index (κ3) is 5.57. The van der Waals surface area contributed by atoms with E-state index < -0.39 is 0 Å². The smallest absolute Gasteiger partial charge is 0.175 e. The summed E-state index contributed by atoms with van der Waals surface area (Å²) in [6, 6.07) is 17.7. The van der Waals surface area contributed by atoms with E-state index in [0.29, 0.717) is 28.1 Å². The average Bonchev–Trinajstić information content (AvgIpc) is 2.73. The van der Waals surface area contributed by atoms with E-state index in [9.17, 15) is 4.39 Å². The van der Waals surface area contributed by atoms with E-state index in [4.69, 9.17) is 14.2 Å². The SMILES string of the molecule is CCOc1ccc(N=Cc2cc(Br)c(OCc3ccccc3F)c(OC)c2)cc1. The summed E-state index contributed by atoms with van der Waals surface area (Å²) in [7, 11) is 1.56. The molecule has 0 atom stereocenters. The van der Waals surface area contributed by atoms with Gasteiger partial charge in [-0.15, -0.1) is 0 Å². The molecule has 0 aliphatic rings. The molecule has 150 valence electrons. The van der Waals surface area contributed by atoms with Gasteiger partial charge >= 0.3 is 0 Å². The van der Waals surface area contributed by atoms with Crippen molar-refractivity contribution in [2.24, 2.45) is 4.99 Å². The quantitative estimate of drug-likeness (QED) is 0.371. The highest BCUT2D eigenvalue weighted by Crippen LogP contribution is 2.37. The Morgan fingerprint density at radius 1 is 1.03 bits per heavy atom. The Hall–Kier alpha value is -2.86. The van der Waals surface area contributed by atoms with Crippen LogP contribution in [0.5, 0.6) is 17.2 Å². The van der Waals surface area contributed by atoms with Gasteiger partial charge in [0.25, 0.3) is 0 Å². The van der Waals surface area contributed by atoms with Gasteiger partial charge in [-0.2, -0.15) is 0 Å². The maximum absolute atomic E-state index is 13.8. The molecule has 3 aromatic rings. The molecule has 0 unspecified atom stereocenters. The molecule has 0 amide bonds. The Morgan fingerprint density at radius 2 is 1.79 bits per heavy atom. The van der Waals surface area contributed by atoms with Crippen LogP contribution >= 0.6 is 15.9 Å². The second-order valence-electron chi connectivity index (χ2n) is 6.10. The minimum atomic E-state index is -0.304. The maximum atomic E-state index is 13.8. The highest BCUT2D eigenvalue weighted by atomic mass is 79.9. The number of rotatable bonds is 8. The maximum Gasteiger partial charge on any atom is 0.175 e. The van der Waals surface area contributed by atoms with E-state index in [-0.39, 0.29) is 12.4 Å². The molecule has 0 aliphatic heterocycles. The lowest BCUT2D eigenvalue weighted by Gasteiger charge is -2.14. The zero-order valence-corrected chi connectivity index (χ0v) is 17.8. The lowest BCUT2D eigenvalue weighted by molar-refractivity contribution is 0.278. The van der Waals surface area contributed by atoms with E-state index in [1.807, 2.05) is 43.3 Å². The molecule has 0 radical (unpaired) electrons. The fraction of sp³-hybridized carbons (Fsp3) is 0.174. The summed E-state index contributed by atoms with van der Waals surface area (Å²) in [5.74, 6) is 1.55. The first kappa shape index (κ1) is 20.9. The van der Waals surface area contributed by atoms with Crippen molar-refractivity contribution in [3.8, 4) is 17.2 Å². The predicted molar refractivity (Wildman–Crippen MR) is 116 cm³/mol. The normalized spacial score (nSPS) is 10.9. The van der Waals surface area contributed by atoms with Crippen molar-refractivity contribution in [3.63, 3.8) is 0 Å². The molecule has 29 heavy (non-hydrogen) atoms. The van der Waals surface area contributed by atoms with Crippen molar-refractivity contribution in [2.45, 2.75) is 13.5 Å². The van der Waals surface area contributed by atoms with E-state index in [1.165, 1.54) is 6.07 Å². The number of nitrogens with zero attached hydrogens (tertiary/aromatic N) is 1. The fourth-order valence-corrected chi connectivity index (χ4v) is 3.24. The second-order valence-corrected chi connectivity index (χ2v) is 6.95. The van der Waals surface area contributed by atoms with Crippen LogP contribution in [0.2, 0.25) is 0 Å². The Kier molecular flexibility index (Phi) is 7.25. The van der Waals surface area contributed by atoms with Crippen LogP contribution in [0.3, 0.4) is 0 Å². The second kappa shape index (κ2) is 10.1. The molecule has 0 saturated carbocycles. The molecule has 0 saturated heterocycles. The molecule has 0 aromatic heterocycles. The van der Waals surface area contributed by atoms with Gasteiger partial charge in [-0.25, -0.2) is 4.39 Å². The average molecular weight is 458 g/mol. The van der Waals surface area contributed by atoms with Crippen molar-refractivity contribution >= 4 is 27.8 Å². The van der Waals surface area contributed by atoms with Crippen LogP contribution in [0.25, 0.3) is 0 Å². The summed E-state index contributed by atoms with van der Waals surface area (Å²) in [5.41, 5.74) is 2.12. The Morgan fingerprint density at radius 3 is 2.48 bits per heavy atom. The molecule has 3 aromatic carbocycles. The number of ether oxygens (including phenoxy) is 3. The highest BCUT2D eigenvalue weighted by molar-refractivity contribution is 9.10. The van der Waals surface area contributed by atoms with Crippen molar-refractivity contribution in [1.29, 1.82) is 0 Å². The third-order valence-electron chi connectivity index (χ3n) is 4.09. The van der Waals surface area contributed by atoms with Gasteiger partial charge in [0.05, 0.1) is 23.9 Å². The van der Waals surface area contributed by atoms with Gasteiger partial charge in [-0.3, -0.25) is 4.99 Å². The fourth-order valence-electron chi connectivity index (χ4n) is 2.66. The monoisotopic (exact) mass is 457 g/mol. The van der Waals surface area contributed by atoms with E-state index >= 15 is 0 Å². The van der Waals surface area contributed by atoms with E-state index in [0.717, 1.165) is 17.0 Å².